The fourth-order valence-corrected chi connectivity index (χ4v) is 5.70. The Hall–Kier alpha value is -2.64. The fourth-order valence-electron chi connectivity index (χ4n) is 5.70. The molecule has 3 fully saturated rings. The molecule has 2 amide bonds. The van der Waals surface area contributed by atoms with E-state index in [2.05, 4.69) is 48.7 Å². The quantitative estimate of drug-likeness (QED) is 0.533. The maximum Gasteiger partial charge on any atom is 0.321 e. The van der Waals surface area contributed by atoms with E-state index < -0.39 is 0 Å². The van der Waals surface area contributed by atoms with Crippen LogP contribution in [0.1, 0.15) is 50.8 Å². The number of urea groups is 1. The molecular weight excluding hydrogens is 440 g/mol. The van der Waals surface area contributed by atoms with Crippen LogP contribution in [0.25, 0.3) is 11.1 Å². The van der Waals surface area contributed by atoms with Crippen molar-refractivity contribution in [1.82, 2.24) is 9.88 Å². The number of fused-ring (bicyclic) bond motifs is 1. The Kier molecular flexibility index (Phi) is 6.73. The lowest BCUT2D eigenvalue weighted by atomic mass is 9.90. The van der Waals surface area contributed by atoms with Crippen LogP contribution in [0, 0.1) is 18.8 Å². The number of nitrogens with one attached hydrogen (secondary N) is 2. The third-order valence-corrected chi connectivity index (χ3v) is 8.20. The zero-order valence-electron chi connectivity index (χ0n) is 21.1. The molecule has 35 heavy (non-hydrogen) atoms. The molecule has 3 N–H and O–H groups in total. The lowest BCUT2D eigenvalue weighted by Crippen LogP contribution is -2.32. The summed E-state index contributed by atoms with van der Waals surface area (Å²) in [6.45, 7) is 9.51. The second-order valence-corrected chi connectivity index (χ2v) is 10.7. The molecule has 0 unspecified atom stereocenters. The van der Waals surface area contributed by atoms with Crippen LogP contribution in [0.4, 0.5) is 16.3 Å². The van der Waals surface area contributed by atoms with E-state index in [9.17, 15) is 9.90 Å². The first-order valence-corrected chi connectivity index (χ1v) is 13.1. The van der Waals surface area contributed by atoms with Crippen LogP contribution >= 0.6 is 0 Å². The van der Waals surface area contributed by atoms with E-state index in [4.69, 9.17) is 9.72 Å². The summed E-state index contributed by atoms with van der Waals surface area (Å²) < 4.78 is 5.70. The van der Waals surface area contributed by atoms with Crippen molar-refractivity contribution < 1.29 is 14.6 Å². The number of hydrogen-bond acceptors (Lipinski definition) is 5. The number of ether oxygens (including phenoxy) is 1. The van der Waals surface area contributed by atoms with Crippen LogP contribution in [0.2, 0.25) is 0 Å². The molecule has 5 rings (SSSR count). The van der Waals surface area contributed by atoms with Gasteiger partial charge in [-0.1, -0.05) is 19.4 Å². The second kappa shape index (κ2) is 9.78. The van der Waals surface area contributed by atoms with Crippen molar-refractivity contribution in [3.63, 3.8) is 0 Å². The molecule has 2 saturated heterocycles. The molecule has 2 aromatic rings. The Balaban J connectivity index is 1.45. The highest BCUT2D eigenvalue weighted by molar-refractivity contribution is 5.90. The molecule has 0 radical (unpaired) electrons. The number of benzene rings is 1. The number of aliphatic hydroxyl groups excluding tert-OH is 1. The second-order valence-electron chi connectivity index (χ2n) is 10.7. The lowest BCUT2D eigenvalue weighted by molar-refractivity contribution is 0.0795. The lowest BCUT2D eigenvalue weighted by Gasteiger charge is -2.24. The fraction of sp³-hybridized carbons (Fsp3) is 0.571. The summed E-state index contributed by atoms with van der Waals surface area (Å²) >= 11 is 0. The third-order valence-electron chi connectivity index (χ3n) is 8.20. The summed E-state index contributed by atoms with van der Waals surface area (Å²) in [4.78, 5) is 19.8. The standard InChI is InChI=1S/C28H38N4O3/c1-4-20-7-9-32(15-20)27(34)30-23-6-5-18(2)24(13-23)21-11-25(28-8-10-35-17-22(28)14-28)31-26(12-21)29-19(3)16-33/h5-6,11-13,19-20,22,33H,4,7-10,14-17H2,1-3H3,(H,29,31)(H,30,34)/t19-,20-,22+,28-/m1/s1. The van der Waals surface area contributed by atoms with Crippen LogP contribution in [0.15, 0.2) is 30.3 Å². The number of pyridine rings is 1. The van der Waals surface area contributed by atoms with Crippen LogP contribution < -0.4 is 10.6 Å². The highest BCUT2D eigenvalue weighted by atomic mass is 16.5. The van der Waals surface area contributed by atoms with Gasteiger partial charge in [-0.2, -0.15) is 0 Å². The number of amides is 2. The number of carbonyl (C=O) groups is 1. The summed E-state index contributed by atoms with van der Waals surface area (Å²) in [6, 6.07) is 10.3. The highest BCUT2D eigenvalue weighted by Gasteiger charge is 2.57. The SMILES string of the molecule is CC[C@@H]1CCN(C(=O)Nc2ccc(C)c(-c3cc(N[C@H](C)CO)nc([C@@]45CCOC[C@@H]4C5)c3)c2)C1. The summed E-state index contributed by atoms with van der Waals surface area (Å²) in [6.07, 6.45) is 4.30. The van der Waals surface area contributed by atoms with E-state index in [1.54, 1.807) is 0 Å². The number of hydrogen-bond donors (Lipinski definition) is 3. The molecule has 0 spiro atoms. The van der Waals surface area contributed by atoms with Crippen LogP contribution in [0.5, 0.6) is 0 Å². The molecule has 1 aromatic carbocycles. The highest BCUT2D eigenvalue weighted by Crippen LogP contribution is 2.58. The average Bonchev–Trinajstić information content (AvgIpc) is 3.43. The van der Waals surface area contributed by atoms with Gasteiger partial charge in [0.05, 0.1) is 18.9 Å². The van der Waals surface area contributed by atoms with E-state index >= 15 is 0 Å². The Morgan fingerprint density at radius 3 is 2.94 bits per heavy atom. The largest absolute Gasteiger partial charge is 0.394 e. The van der Waals surface area contributed by atoms with Crippen molar-refractivity contribution in [2.45, 2.75) is 57.9 Å². The molecular formula is C28H38N4O3. The van der Waals surface area contributed by atoms with E-state index in [1.807, 2.05) is 17.9 Å². The Morgan fingerprint density at radius 2 is 2.20 bits per heavy atom. The molecule has 4 atom stereocenters. The Morgan fingerprint density at radius 1 is 1.34 bits per heavy atom. The van der Waals surface area contributed by atoms with E-state index in [0.29, 0.717) is 11.8 Å². The van der Waals surface area contributed by atoms with Gasteiger partial charge >= 0.3 is 6.03 Å². The van der Waals surface area contributed by atoms with Crippen LogP contribution in [-0.4, -0.2) is 60.0 Å². The van der Waals surface area contributed by atoms with Gasteiger partial charge in [0, 0.05) is 36.8 Å². The molecule has 1 saturated carbocycles. The third kappa shape index (κ3) is 4.89. The zero-order valence-corrected chi connectivity index (χ0v) is 21.1. The summed E-state index contributed by atoms with van der Waals surface area (Å²) in [5, 5.41) is 16.1. The molecule has 0 bridgehead atoms. The monoisotopic (exact) mass is 478 g/mol. The maximum atomic E-state index is 12.9. The molecule has 1 aromatic heterocycles. The Bertz CT molecular complexity index is 1090. The predicted octanol–water partition coefficient (Wildman–Crippen LogP) is 4.79. The molecule has 3 heterocycles. The van der Waals surface area contributed by atoms with E-state index in [0.717, 1.165) is 85.9 Å². The first kappa shape index (κ1) is 24.1. The number of nitrogens with zero attached hydrogens (tertiary/aromatic N) is 2. The van der Waals surface area contributed by atoms with E-state index in [1.165, 1.54) is 0 Å². The minimum atomic E-state index is -0.0908. The van der Waals surface area contributed by atoms with Crippen molar-refractivity contribution in [2.24, 2.45) is 11.8 Å². The molecule has 2 aliphatic heterocycles. The van der Waals surface area contributed by atoms with Gasteiger partial charge in [0.1, 0.15) is 5.82 Å². The number of likely N-dealkylation sites (tertiary alicyclic amines) is 1. The topological polar surface area (TPSA) is 86.7 Å². The van der Waals surface area contributed by atoms with E-state index in [-0.39, 0.29) is 24.1 Å². The predicted molar refractivity (Wildman–Crippen MR) is 139 cm³/mol. The molecule has 1 aliphatic carbocycles. The van der Waals surface area contributed by atoms with Crippen LogP contribution in [-0.2, 0) is 10.2 Å². The van der Waals surface area contributed by atoms with Gasteiger partial charge in [-0.15, -0.1) is 0 Å². The van der Waals surface area contributed by atoms with Crippen molar-refractivity contribution in [1.29, 1.82) is 0 Å². The first-order valence-electron chi connectivity index (χ1n) is 13.1. The molecule has 7 heteroatoms. The van der Waals surface area contributed by atoms with Crippen molar-refractivity contribution >= 4 is 17.5 Å². The van der Waals surface area contributed by atoms with Gasteiger partial charge in [-0.3, -0.25) is 0 Å². The minimum Gasteiger partial charge on any atom is -0.394 e. The number of aromatic nitrogens is 1. The smallest absolute Gasteiger partial charge is 0.321 e. The van der Waals surface area contributed by atoms with Gasteiger partial charge in [0.15, 0.2) is 0 Å². The van der Waals surface area contributed by atoms with Crippen molar-refractivity contribution in [2.75, 3.05) is 43.5 Å². The first-order chi connectivity index (χ1) is 16.9. The van der Waals surface area contributed by atoms with Crippen LogP contribution in [0.3, 0.4) is 0 Å². The Labute approximate surface area is 208 Å². The summed E-state index contributed by atoms with van der Waals surface area (Å²) in [5.41, 5.74) is 5.31. The number of aliphatic hydroxyl groups is 1. The zero-order chi connectivity index (χ0) is 24.6. The molecule has 7 nitrogen and oxygen atoms in total. The number of anilines is 2. The molecule has 188 valence electrons. The van der Waals surface area contributed by atoms with Crippen molar-refractivity contribution in [3.05, 3.63) is 41.6 Å². The van der Waals surface area contributed by atoms with Gasteiger partial charge in [-0.25, -0.2) is 9.78 Å². The minimum absolute atomic E-state index is 0.0211. The van der Waals surface area contributed by atoms with Gasteiger partial charge in [0.25, 0.3) is 0 Å². The van der Waals surface area contributed by atoms with Gasteiger partial charge in [0.2, 0.25) is 0 Å². The summed E-state index contributed by atoms with van der Waals surface area (Å²) in [5.74, 6) is 1.91. The number of carbonyl (C=O) groups excluding carboxylic acids is 1. The normalized spacial score (nSPS) is 26.2. The van der Waals surface area contributed by atoms with Gasteiger partial charge in [-0.05, 0) is 85.9 Å². The molecule has 3 aliphatic rings. The number of rotatable bonds is 7. The van der Waals surface area contributed by atoms with Crippen molar-refractivity contribution in [3.8, 4) is 11.1 Å². The average molecular weight is 479 g/mol. The summed E-state index contributed by atoms with van der Waals surface area (Å²) in [7, 11) is 0. The number of aryl methyl sites for hydroxylation is 1. The maximum absolute atomic E-state index is 12.9. The van der Waals surface area contributed by atoms with Gasteiger partial charge < -0.3 is 25.4 Å².